The summed E-state index contributed by atoms with van der Waals surface area (Å²) in [6.45, 7) is 6.33. The van der Waals surface area contributed by atoms with Crippen molar-refractivity contribution in [3.8, 4) is 0 Å². The first kappa shape index (κ1) is 15.9. The van der Waals surface area contributed by atoms with Crippen LogP contribution in [0.2, 0.25) is 0 Å². The molecule has 1 aromatic carbocycles. The molecule has 0 amide bonds. The van der Waals surface area contributed by atoms with Gasteiger partial charge in [-0.15, -0.1) is 0 Å². The fraction of sp³-hybridized carbons (Fsp3) is 0.444. The molecule has 0 spiro atoms. The van der Waals surface area contributed by atoms with Gasteiger partial charge >= 0.3 is 0 Å². The van der Waals surface area contributed by atoms with Crippen LogP contribution in [0.25, 0.3) is 0 Å². The fourth-order valence-corrected chi connectivity index (χ4v) is 3.07. The summed E-state index contributed by atoms with van der Waals surface area (Å²) in [6, 6.07) is 12.0. The Morgan fingerprint density at radius 3 is 2.91 bits per heavy atom. The molecular weight excluding hydrogens is 290 g/mol. The second-order valence-corrected chi connectivity index (χ2v) is 6.13. The number of aromatic amines is 1. The lowest BCUT2D eigenvalue weighted by molar-refractivity contribution is -0.0417. The minimum Gasteiger partial charge on any atom is -0.375 e. The highest BCUT2D eigenvalue weighted by Crippen LogP contribution is 2.21. The van der Waals surface area contributed by atoms with Crippen LogP contribution in [0, 0.1) is 6.92 Å². The molecule has 5 heteroatoms. The first-order valence-electron chi connectivity index (χ1n) is 8.09. The maximum absolute atomic E-state index is 11.7. The lowest BCUT2D eigenvalue weighted by atomic mass is 10.1. The molecule has 2 heterocycles. The molecule has 1 aliphatic heterocycles. The Labute approximate surface area is 136 Å². The van der Waals surface area contributed by atoms with Gasteiger partial charge in [0.1, 0.15) is 5.82 Å². The highest BCUT2D eigenvalue weighted by Gasteiger charge is 2.26. The molecule has 1 saturated heterocycles. The second-order valence-electron chi connectivity index (χ2n) is 6.13. The van der Waals surface area contributed by atoms with Crippen LogP contribution in [0.5, 0.6) is 0 Å². The molecule has 1 N–H and O–H groups in total. The molecule has 5 nitrogen and oxygen atoms in total. The molecule has 0 bridgehead atoms. The van der Waals surface area contributed by atoms with E-state index < -0.39 is 0 Å². The predicted octanol–water partition coefficient (Wildman–Crippen LogP) is 2.08. The van der Waals surface area contributed by atoms with Gasteiger partial charge in [-0.1, -0.05) is 30.3 Å². The first-order valence-corrected chi connectivity index (χ1v) is 8.09. The Morgan fingerprint density at radius 1 is 1.39 bits per heavy atom. The summed E-state index contributed by atoms with van der Waals surface area (Å²) >= 11 is 0. The fourth-order valence-electron chi connectivity index (χ4n) is 3.07. The minimum atomic E-state index is -0.0894. The van der Waals surface area contributed by atoms with Crippen LogP contribution >= 0.6 is 0 Å². The number of hydrogen-bond acceptors (Lipinski definition) is 4. The highest BCUT2D eigenvalue weighted by molar-refractivity contribution is 5.16. The number of aromatic nitrogens is 2. The zero-order valence-corrected chi connectivity index (χ0v) is 13.7. The topological polar surface area (TPSA) is 58.2 Å². The molecule has 0 unspecified atom stereocenters. The van der Waals surface area contributed by atoms with Crippen LogP contribution in [-0.2, 0) is 11.2 Å². The van der Waals surface area contributed by atoms with Crippen molar-refractivity contribution in [3.63, 3.8) is 0 Å². The molecule has 3 rings (SSSR count). The molecule has 1 aromatic heterocycles. The third-order valence-electron chi connectivity index (χ3n) is 4.31. The van der Waals surface area contributed by atoms with E-state index >= 15 is 0 Å². The second kappa shape index (κ2) is 7.06. The summed E-state index contributed by atoms with van der Waals surface area (Å²) in [5.74, 6) is 0.732. The number of H-pyrrole nitrogens is 1. The quantitative estimate of drug-likeness (QED) is 0.939. The number of nitrogens with one attached hydrogen (secondary N) is 1. The number of nitrogens with zero attached hydrogens (tertiary/aromatic N) is 2. The molecule has 2 atom stereocenters. The number of rotatable bonds is 4. The monoisotopic (exact) mass is 313 g/mol. The first-order chi connectivity index (χ1) is 11.1. The zero-order valence-electron chi connectivity index (χ0n) is 13.7. The third kappa shape index (κ3) is 4.06. The average molecular weight is 313 g/mol. The lowest BCUT2D eigenvalue weighted by Gasteiger charge is -2.36. The van der Waals surface area contributed by atoms with Crippen molar-refractivity contribution in [2.45, 2.75) is 32.4 Å². The van der Waals surface area contributed by atoms with E-state index in [-0.39, 0.29) is 17.7 Å². The molecule has 0 radical (unpaired) electrons. The third-order valence-corrected chi connectivity index (χ3v) is 4.31. The highest BCUT2D eigenvalue weighted by atomic mass is 16.5. The van der Waals surface area contributed by atoms with Gasteiger partial charge in [-0.3, -0.25) is 9.69 Å². The van der Waals surface area contributed by atoms with Gasteiger partial charge < -0.3 is 9.72 Å². The lowest BCUT2D eigenvalue weighted by Crippen LogP contribution is -2.45. The minimum absolute atomic E-state index is 0.0739. The van der Waals surface area contributed by atoms with E-state index in [1.54, 1.807) is 0 Å². The molecule has 1 fully saturated rings. The molecule has 2 aromatic rings. The van der Waals surface area contributed by atoms with Crippen molar-refractivity contribution >= 4 is 0 Å². The van der Waals surface area contributed by atoms with Crippen LogP contribution in [-0.4, -0.2) is 40.7 Å². The van der Waals surface area contributed by atoms with Crippen molar-refractivity contribution in [3.05, 3.63) is 63.8 Å². The predicted molar refractivity (Wildman–Crippen MR) is 89.5 cm³/mol. The van der Waals surface area contributed by atoms with E-state index in [2.05, 4.69) is 46.1 Å². The maximum Gasteiger partial charge on any atom is 0.251 e. The smallest absolute Gasteiger partial charge is 0.251 e. The van der Waals surface area contributed by atoms with E-state index in [4.69, 9.17) is 4.74 Å². The Kier molecular flexibility index (Phi) is 4.88. The van der Waals surface area contributed by atoms with Gasteiger partial charge in [0.15, 0.2) is 0 Å². The van der Waals surface area contributed by atoms with Crippen LogP contribution in [0.15, 0.2) is 41.2 Å². The van der Waals surface area contributed by atoms with Gasteiger partial charge in [0.05, 0.1) is 18.8 Å². The summed E-state index contributed by atoms with van der Waals surface area (Å²) in [5, 5.41) is 0. The summed E-state index contributed by atoms with van der Waals surface area (Å²) < 4.78 is 5.91. The Morgan fingerprint density at radius 2 is 2.17 bits per heavy atom. The number of aryl methyl sites for hydroxylation is 1. The van der Waals surface area contributed by atoms with Crippen molar-refractivity contribution in [2.75, 3.05) is 19.7 Å². The molecule has 1 aliphatic rings. The van der Waals surface area contributed by atoms with Gasteiger partial charge in [0, 0.05) is 24.8 Å². The van der Waals surface area contributed by atoms with E-state index in [9.17, 15) is 4.79 Å². The van der Waals surface area contributed by atoms with Crippen molar-refractivity contribution in [1.82, 2.24) is 14.9 Å². The normalized spacial score (nSPS) is 20.3. The van der Waals surface area contributed by atoms with E-state index in [1.165, 1.54) is 11.6 Å². The van der Waals surface area contributed by atoms with E-state index in [0.29, 0.717) is 6.61 Å². The standard InChI is InChI=1S/C18H23N3O2/c1-13-10-17(22)20-18(19-13)14(2)21-8-9-23-16(12-21)11-15-6-4-3-5-7-15/h3-7,10,14,16H,8-9,11-12H2,1-2H3,(H,19,20,22)/t14-,16-/m0/s1. The average Bonchev–Trinajstić information content (AvgIpc) is 2.54. The van der Waals surface area contributed by atoms with Gasteiger partial charge in [-0.25, -0.2) is 4.98 Å². The van der Waals surface area contributed by atoms with Crippen molar-refractivity contribution in [2.24, 2.45) is 0 Å². The number of morpholine rings is 1. The molecule has 0 aliphatic carbocycles. The summed E-state index contributed by atoms with van der Waals surface area (Å²) in [4.78, 5) is 21.3. The van der Waals surface area contributed by atoms with Crippen LogP contribution in [0.4, 0.5) is 0 Å². The van der Waals surface area contributed by atoms with E-state index in [1.807, 2.05) is 13.0 Å². The Balaban J connectivity index is 1.69. The summed E-state index contributed by atoms with van der Waals surface area (Å²) in [5.41, 5.74) is 1.95. The van der Waals surface area contributed by atoms with Crippen molar-refractivity contribution < 1.29 is 4.74 Å². The molecular formula is C18H23N3O2. The molecule has 122 valence electrons. The summed E-state index contributed by atoms with van der Waals surface area (Å²) in [6.07, 6.45) is 1.08. The van der Waals surface area contributed by atoms with Gasteiger partial charge in [-0.2, -0.15) is 0 Å². The van der Waals surface area contributed by atoms with Gasteiger partial charge in [0.2, 0.25) is 0 Å². The maximum atomic E-state index is 11.7. The van der Waals surface area contributed by atoms with Crippen LogP contribution < -0.4 is 5.56 Å². The number of hydrogen-bond donors (Lipinski definition) is 1. The molecule has 23 heavy (non-hydrogen) atoms. The van der Waals surface area contributed by atoms with Crippen molar-refractivity contribution in [1.29, 1.82) is 0 Å². The zero-order chi connectivity index (χ0) is 16.2. The van der Waals surface area contributed by atoms with Crippen LogP contribution in [0.3, 0.4) is 0 Å². The Bertz CT molecular complexity index is 699. The van der Waals surface area contributed by atoms with E-state index in [0.717, 1.165) is 31.0 Å². The number of benzene rings is 1. The molecule has 0 saturated carbocycles. The number of ether oxygens (including phenoxy) is 1. The van der Waals surface area contributed by atoms with Gasteiger partial charge in [0.25, 0.3) is 5.56 Å². The van der Waals surface area contributed by atoms with Gasteiger partial charge in [-0.05, 0) is 25.8 Å². The SMILES string of the molecule is Cc1cc(=O)[nH]c([C@H](C)N2CCO[C@@H](Cc3ccccc3)C2)n1. The summed E-state index contributed by atoms with van der Waals surface area (Å²) in [7, 11) is 0. The van der Waals surface area contributed by atoms with Crippen LogP contribution in [0.1, 0.15) is 30.0 Å². The Hall–Kier alpha value is -1.98. The largest absolute Gasteiger partial charge is 0.375 e.